The summed E-state index contributed by atoms with van der Waals surface area (Å²) in [6.07, 6.45) is 0.195. The average Bonchev–Trinajstić information content (AvgIpc) is 2.65. The van der Waals surface area contributed by atoms with Gasteiger partial charge in [0.2, 0.25) is 11.0 Å². The third-order valence-electron chi connectivity index (χ3n) is 4.88. The van der Waals surface area contributed by atoms with Crippen LogP contribution >= 0.6 is 0 Å². The quantitative estimate of drug-likeness (QED) is 0.317. The van der Waals surface area contributed by atoms with Crippen LogP contribution in [-0.2, 0) is 16.7 Å². The Balaban J connectivity index is 2.07. The van der Waals surface area contributed by atoms with Crippen molar-refractivity contribution in [1.29, 1.82) is 0 Å². The third-order valence-corrected chi connectivity index (χ3v) is 5.68. The molecule has 0 atom stereocenters. The molecule has 0 amide bonds. The van der Waals surface area contributed by atoms with Gasteiger partial charge < -0.3 is 9.90 Å². The number of pyridine rings is 1. The van der Waals surface area contributed by atoms with Crippen LogP contribution in [0.2, 0.25) is 0 Å². The first kappa shape index (κ1) is 18.3. The predicted octanol–water partition coefficient (Wildman–Crippen LogP) is 2.08. The summed E-state index contributed by atoms with van der Waals surface area (Å²) in [5.41, 5.74) is 1.45. The summed E-state index contributed by atoms with van der Waals surface area (Å²) >= 11 is 0. The molecule has 28 heavy (non-hydrogen) atoms. The highest BCUT2D eigenvalue weighted by Crippen LogP contribution is 2.28. The number of fused-ring (bicyclic) bond motifs is 3. The van der Waals surface area contributed by atoms with Crippen molar-refractivity contribution in [2.24, 2.45) is 0 Å². The standard InChI is InChI=1S/C21H17NO5S/c23-21(24)20-16-8-3-4-9-18(16)22(10-5-11-28(25,26)27)19-13-15-7-2-1-6-14(15)12-17(19)20/h1-4,6-9,12-13H,5,10-11H2,(H-,23,24,25,26,27). The second-order valence-electron chi connectivity index (χ2n) is 6.69. The number of hydrogen-bond acceptors (Lipinski definition) is 4. The van der Waals surface area contributed by atoms with Gasteiger partial charge in [0.05, 0.1) is 22.5 Å². The molecule has 0 aliphatic carbocycles. The van der Waals surface area contributed by atoms with Gasteiger partial charge in [0, 0.05) is 24.1 Å². The highest BCUT2D eigenvalue weighted by Gasteiger charge is 2.22. The molecule has 1 N–H and O–H groups in total. The van der Waals surface area contributed by atoms with Crippen LogP contribution in [-0.4, -0.2) is 24.7 Å². The summed E-state index contributed by atoms with van der Waals surface area (Å²) in [5.74, 6) is -1.63. The lowest BCUT2D eigenvalue weighted by atomic mass is 9.98. The van der Waals surface area contributed by atoms with Gasteiger partial charge in [-0.25, -0.2) is 0 Å². The maximum Gasteiger partial charge on any atom is 0.265 e. The van der Waals surface area contributed by atoms with Gasteiger partial charge in [-0.15, -0.1) is 0 Å². The van der Waals surface area contributed by atoms with Gasteiger partial charge in [0.25, 0.3) is 10.1 Å². The molecule has 0 bridgehead atoms. The maximum atomic E-state index is 12.0. The van der Waals surface area contributed by atoms with Crippen molar-refractivity contribution < 1.29 is 27.4 Å². The fraction of sp³-hybridized carbons (Fsp3) is 0.143. The zero-order valence-electron chi connectivity index (χ0n) is 14.8. The van der Waals surface area contributed by atoms with Gasteiger partial charge in [0.1, 0.15) is 0 Å². The topological polar surface area (TPSA) is 98.4 Å². The van der Waals surface area contributed by atoms with Crippen LogP contribution in [0.1, 0.15) is 16.8 Å². The van der Waals surface area contributed by atoms with Gasteiger partial charge in [-0.1, -0.05) is 36.4 Å². The predicted molar refractivity (Wildman–Crippen MR) is 105 cm³/mol. The molecule has 4 rings (SSSR count). The van der Waals surface area contributed by atoms with E-state index < -0.39 is 16.1 Å². The number of rotatable bonds is 5. The SMILES string of the molecule is O=C([O-])c1c2ccccc2[n+](CCCS(=O)(=O)O)c2cc3ccccc3cc12. The summed E-state index contributed by atoms with van der Waals surface area (Å²) in [6.45, 7) is 0.308. The maximum absolute atomic E-state index is 12.0. The molecule has 1 aromatic heterocycles. The fourth-order valence-electron chi connectivity index (χ4n) is 3.71. The molecule has 4 aromatic rings. The van der Waals surface area contributed by atoms with Crippen LogP contribution in [0.3, 0.4) is 0 Å². The Kier molecular flexibility index (Phi) is 4.49. The summed E-state index contributed by atoms with van der Waals surface area (Å²) < 4.78 is 33.2. The van der Waals surface area contributed by atoms with E-state index in [4.69, 9.17) is 4.55 Å². The number of benzene rings is 3. The molecule has 3 aromatic carbocycles. The minimum absolute atomic E-state index is 0.113. The van der Waals surface area contributed by atoms with Crippen molar-refractivity contribution in [3.05, 3.63) is 66.2 Å². The number of aromatic carboxylic acids is 1. The van der Waals surface area contributed by atoms with E-state index in [2.05, 4.69) is 0 Å². The van der Waals surface area contributed by atoms with Gasteiger partial charge in [-0.05, 0) is 22.9 Å². The zero-order valence-corrected chi connectivity index (χ0v) is 15.6. The zero-order chi connectivity index (χ0) is 19.9. The van der Waals surface area contributed by atoms with E-state index in [1.165, 1.54) is 0 Å². The van der Waals surface area contributed by atoms with Crippen LogP contribution in [0.5, 0.6) is 0 Å². The second kappa shape index (κ2) is 6.85. The molecule has 0 spiro atoms. The van der Waals surface area contributed by atoms with Gasteiger partial charge in [-0.2, -0.15) is 13.0 Å². The van der Waals surface area contributed by atoms with E-state index in [0.717, 1.165) is 10.8 Å². The molecule has 7 heteroatoms. The number of nitrogens with zero attached hydrogens (tertiary/aromatic N) is 1. The Labute approximate surface area is 161 Å². The number of aryl methyl sites for hydroxylation is 1. The molecular weight excluding hydrogens is 378 g/mol. The van der Waals surface area contributed by atoms with Crippen molar-refractivity contribution >= 4 is 48.7 Å². The largest absolute Gasteiger partial charge is 0.545 e. The van der Waals surface area contributed by atoms with Crippen LogP contribution in [0, 0.1) is 0 Å². The number of carbonyl (C=O) groups is 1. The minimum atomic E-state index is -4.07. The number of carboxylic acid groups (broad SMARTS) is 1. The molecule has 0 aliphatic heterocycles. The highest BCUT2D eigenvalue weighted by atomic mass is 32.2. The number of aromatic nitrogens is 1. The fourth-order valence-corrected chi connectivity index (χ4v) is 4.21. The lowest BCUT2D eigenvalue weighted by molar-refractivity contribution is -0.645. The summed E-state index contributed by atoms with van der Waals surface area (Å²) in [6, 6.07) is 18.4. The van der Waals surface area contributed by atoms with Crippen LogP contribution in [0.4, 0.5) is 0 Å². The number of carbonyl (C=O) groups excluding carboxylic acids is 1. The lowest BCUT2D eigenvalue weighted by Gasteiger charge is -2.13. The minimum Gasteiger partial charge on any atom is -0.545 e. The van der Waals surface area contributed by atoms with Crippen molar-refractivity contribution in [3.8, 4) is 0 Å². The molecule has 0 saturated heterocycles. The van der Waals surface area contributed by atoms with Crippen molar-refractivity contribution in [2.45, 2.75) is 13.0 Å². The molecule has 0 saturated carbocycles. The van der Waals surface area contributed by atoms with Crippen molar-refractivity contribution in [1.82, 2.24) is 0 Å². The third kappa shape index (κ3) is 3.30. The molecule has 1 heterocycles. The number of carboxylic acids is 1. The molecular formula is C21H17NO5S. The number of para-hydroxylation sites is 1. The molecule has 142 valence electrons. The van der Waals surface area contributed by atoms with Crippen LogP contribution < -0.4 is 9.67 Å². The first-order valence-corrected chi connectivity index (χ1v) is 10.4. The van der Waals surface area contributed by atoms with E-state index in [1.807, 2.05) is 41.0 Å². The molecule has 0 radical (unpaired) electrons. The monoisotopic (exact) mass is 395 g/mol. The molecule has 6 nitrogen and oxygen atoms in total. The normalized spacial score (nSPS) is 12.0. The summed E-state index contributed by atoms with van der Waals surface area (Å²) in [4.78, 5) is 12.0. The van der Waals surface area contributed by atoms with Crippen LogP contribution in [0.15, 0.2) is 60.7 Å². The first-order chi connectivity index (χ1) is 13.3. The van der Waals surface area contributed by atoms with E-state index in [9.17, 15) is 18.3 Å². The lowest BCUT2D eigenvalue weighted by Crippen LogP contribution is -2.38. The van der Waals surface area contributed by atoms with Gasteiger partial charge in [0.15, 0.2) is 6.54 Å². The van der Waals surface area contributed by atoms with E-state index in [1.54, 1.807) is 24.3 Å². The Bertz CT molecular complexity index is 1350. The van der Waals surface area contributed by atoms with Crippen molar-refractivity contribution in [3.63, 3.8) is 0 Å². The number of hydrogen-bond donors (Lipinski definition) is 1. The average molecular weight is 395 g/mol. The van der Waals surface area contributed by atoms with Crippen LogP contribution in [0.25, 0.3) is 32.6 Å². The van der Waals surface area contributed by atoms with Crippen molar-refractivity contribution in [2.75, 3.05) is 5.75 Å². The summed E-state index contributed by atoms with van der Waals surface area (Å²) in [5, 5.41) is 14.9. The van der Waals surface area contributed by atoms with E-state index in [-0.39, 0.29) is 17.7 Å². The molecule has 0 unspecified atom stereocenters. The Morgan fingerprint density at radius 3 is 2.25 bits per heavy atom. The second-order valence-corrected chi connectivity index (χ2v) is 8.26. The smallest absolute Gasteiger partial charge is 0.265 e. The summed E-state index contributed by atoms with van der Waals surface area (Å²) in [7, 11) is -4.07. The van der Waals surface area contributed by atoms with E-state index in [0.29, 0.717) is 28.4 Å². The Morgan fingerprint density at radius 2 is 1.57 bits per heavy atom. The first-order valence-electron chi connectivity index (χ1n) is 8.79. The Morgan fingerprint density at radius 1 is 0.929 bits per heavy atom. The highest BCUT2D eigenvalue weighted by molar-refractivity contribution is 7.85. The van der Waals surface area contributed by atoms with Gasteiger partial charge in [-0.3, -0.25) is 4.55 Å². The van der Waals surface area contributed by atoms with Gasteiger partial charge >= 0.3 is 0 Å². The Hall–Kier alpha value is -3.03. The molecule has 0 fully saturated rings. The van der Waals surface area contributed by atoms with E-state index >= 15 is 0 Å². The molecule has 0 aliphatic rings.